The molecule has 0 aliphatic heterocycles. The highest BCUT2D eigenvalue weighted by Gasteiger charge is 2.31. The monoisotopic (exact) mass is 280 g/mol. The van der Waals surface area contributed by atoms with Crippen LogP contribution < -0.4 is 5.73 Å². The molecule has 1 amide bonds. The molecule has 1 aliphatic carbocycles. The summed E-state index contributed by atoms with van der Waals surface area (Å²) in [7, 11) is 1.94. The average molecular weight is 280 g/mol. The molecule has 3 nitrogen and oxygen atoms in total. The van der Waals surface area contributed by atoms with E-state index < -0.39 is 0 Å². The third kappa shape index (κ3) is 3.00. The van der Waals surface area contributed by atoms with Crippen molar-refractivity contribution in [3.63, 3.8) is 0 Å². The average Bonchev–Trinajstić information content (AvgIpc) is 2.94. The Morgan fingerprint density at radius 2 is 2.21 bits per heavy atom. The second-order valence-corrected chi connectivity index (χ2v) is 6.31. The van der Waals surface area contributed by atoms with Crippen molar-refractivity contribution in [3.05, 3.63) is 21.9 Å². The Labute approximate surface area is 119 Å². The minimum Gasteiger partial charge on any atom is -0.338 e. The van der Waals surface area contributed by atoms with Crippen LogP contribution in [0.3, 0.4) is 0 Å². The van der Waals surface area contributed by atoms with Gasteiger partial charge in [-0.2, -0.15) is 0 Å². The maximum atomic E-state index is 12.6. The molecule has 4 heteroatoms. The van der Waals surface area contributed by atoms with E-state index in [9.17, 15) is 4.79 Å². The second kappa shape index (κ2) is 6.53. The lowest BCUT2D eigenvalue weighted by molar-refractivity contribution is 0.0624. The molecule has 2 unspecified atom stereocenters. The molecule has 0 spiro atoms. The van der Waals surface area contributed by atoms with Gasteiger partial charge in [-0.1, -0.05) is 19.8 Å². The molecular formula is C15H24N2OS. The van der Waals surface area contributed by atoms with Crippen LogP contribution in [0.5, 0.6) is 0 Å². The second-order valence-electron chi connectivity index (χ2n) is 5.39. The predicted octanol–water partition coefficient (Wildman–Crippen LogP) is 2.90. The Balaban J connectivity index is 2.14. The number of hydrogen-bond acceptors (Lipinski definition) is 3. The van der Waals surface area contributed by atoms with Gasteiger partial charge in [-0.3, -0.25) is 4.79 Å². The van der Waals surface area contributed by atoms with E-state index in [1.807, 2.05) is 17.3 Å². The summed E-state index contributed by atoms with van der Waals surface area (Å²) in [5.74, 6) is 0.643. The van der Waals surface area contributed by atoms with Crippen molar-refractivity contribution in [2.75, 3.05) is 13.6 Å². The molecule has 2 atom stereocenters. The molecule has 0 aromatic carbocycles. The van der Waals surface area contributed by atoms with E-state index >= 15 is 0 Å². The van der Waals surface area contributed by atoms with Crippen molar-refractivity contribution in [2.24, 2.45) is 11.7 Å². The van der Waals surface area contributed by atoms with Crippen LogP contribution in [-0.2, 0) is 6.42 Å². The van der Waals surface area contributed by atoms with Crippen LogP contribution in [-0.4, -0.2) is 30.4 Å². The highest BCUT2D eigenvalue weighted by atomic mass is 32.1. The van der Waals surface area contributed by atoms with Crippen molar-refractivity contribution < 1.29 is 4.79 Å². The molecule has 106 valence electrons. The van der Waals surface area contributed by atoms with Crippen LogP contribution in [0.4, 0.5) is 0 Å². The third-order valence-corrected chi connectivity index (χ3v) is 5.26. The van der Waals surface area contributed by atoms with Crippen LogP contribution in [0.2, 0.25) is 0 Å². The van der Waals surface area contributed by atoms with E-state index in [-0.39, 0.29) is 5.91 Å². The highest BCUT2D eigenvalue weighted by molar-refractivity contribution is 7.12. The zero-order valence-electron chi connectivity index (χ0n) is 11.9. The van der Waals surface area contributed by atoms with Crippen molar-refractivity contribution >= 4 is 17.2 Å². The standard InChI is InChI=1S/C15H24N2OS/c1-3-11-8-9-19-14(11)15(18)17(2)13-7-5-4-6-12(13)10-16/h8-9,12-13H,3-7,10,16H2,1-2H3. The Morgan fingerprint density at radius 1 is 1.47 bits per heavy atom. The quantitative estimate of drug-likeness (QED) is 0.922. The van der Waals surface area contributed by atoms with Crippen LogP contribution >= 0.6 is 11.3 Å². The summed E-state index contributed by atoms with van der Waals surface area (Å²) < 4.78 is 0. The summed E-state index contributed by atoms with van der Waals surface area (Å²) in [5.41, 5.74) is 7.04. The molecule has 0 bridgehead atoms. The number of nitrogens with zero attached hydrogens (tertiary/aromatic N) is 1. The van der Waals surface area contributed by atoms with E-state index in [4.69, 9.17) is 5.73 Å². The number of amides is 1. The summed E-state index contributed by atoms with van der Waals surface area (Å²) >= 11 is 1.56. The van der Waals surface area contributed by atoms with Gasteiger partial charge in [0, 0.05) is 13.1 Å². The fourth-order valence-corrected chi connectivity index (χ4v) is 4.06. The molecule has 0 radical (unpaired) electrons. The Bertz CT molecular complexity index is 430. The third-order valence-electron chi connectivity index (χ3n) is 4.31. The normalized spacial score (nSPS) is 23.3. The van der Waals surface area contributed by atoms with Gasteiger partial charge < -0.3 is 10.6 Å². The SMILES string of the molecule is CCc1ccsc1C(=O)N(C)C1CCCCC1CN. The van der Waals surface area contributed by atoms with Crippen LogP contribution in [0.25, 0.3) is 0 Å². The minimum atomic E-state index is 0.178. The molecule has 19 heavy (non-hydrogen) atoms. The van der Waals surface area contributed by atoms with Gasteiger partial charge in [0.25, 0.3) is 5.91 Å². The van der Waals surface area contributed by atoms with Crippen LogP contribution in [0, 0.1) is 5.92 Å². The zero-order valence-corrected chi connectivity index (χ0v) is 12.7. The Morgan fingerprint density at radius 3 is 2.89 bits per heavy atom. The number of hydrogen-bond donors (Lipinski definition) is 1. The summed E-state index contributed by atoms with van der Waals surface area (Å²) in [5, 5.41) is 2.02. The van der Waals surface area contributed by atoms with Crippen LogP contribution in [0.1, 0.15) is 47.8 Å². The molecule has 1 aromatic rings. The summed E-state index contributed by atoms with van der Waals surface area (Å²) in [6.45, 7) is 2.79. The summed E-state index contributed by atoms with van der Waals surface area (Å²) in [6, 6.07) is 2.38. The van der Waals surface area contributed by atoms with Gasteiger partial charge in [-0.05, 0) is 48.7 Å². The molecule has 1 heterocycles. The first-order valence-electron chi connectivity index (χ1n) is 7.22. The van der Waals surface area contributed by atoms with Crippen LogP contribution in [0.15, 0.2) is 11.4 Å². The van der Waals surface area contributed by atoms with Gasteiger partial charge in [0.15, 0.2) is 0 Å². The zero-order chi connectivity index (χ0) is 13.8. The van der Waals surface area contributed by atoms with Crippen molar-refractivity contribution in [1.82, 2.24) is 4.90 Å². The molecule has 1 saturated carbocycles. The lowest BCUT2D eigenvalue weighted by atomic mass is 9.83. The number of thiophene rings is 1. The molecule has 1 aliphatic rings. The maximum absolute atomic E-state index is 12.6. The highest BCUT2D eigenvalue weighted by Crippen LogP contribution is 2.29. The molecule has 0 saturated heterocycles. The largest absolute Gasteiger partial charge is 0.338 e. The lowest BCUT2D eigenvalue weighted by Crippen LogP contribution is -2.45. The molecule has 2 N–H and O–H groups in total. The molecule has 1 fully saturated rings. The van der Waals surface area contributed by atoms with Gasteiger partial charge in [-0.25, -0.2) is 0 Å². The number of rotatable bonds is 4. The van der Waals surface area contributed by atoms with Gasteiger partial charge in [0.05, 0.1) is 4.88 Å². The molecular weight excluding hydrogens is 256 g/mol. The van der Waals surface area contributed by atoms with Crippen molar-refractivity contribution in [2.45, 2.75) is 45.1 Å². The Kier molecular flexibility index (Phi) is 4.99. The summed E-state index contributed by atoms with van der Waals surface area (Å²) in [6.07, 6.45) is 5.63. The first-order valence-corrected chi connectivity index (χ1v) is 8.10. The number of carbonyl (C=O) groups is 1. The van der Waals surface area contributed by atoms with Crippen molar-refractivity contribution in [3.8, 4) is 0 Å². The van der Waals surface area contributed by atoms with Gasteiger partial charge >= 0.3 is 0 Å². The maximum Gasteiger partial charge on any atom is 0.264 e. The van der Waals surface area contributed by atoms with E-state index in [1.54, 1.807) is 11.3 Å². The number of nitrogens with two attached hydrogens (primary N) is 1. The predicted molar refractivity (Wildman–Crippen MR) is 80.6 cm³/mol. The minimum absolute atomic E-state index is 0.178. The van der Waals surface area contributed by atoms with Gasteiger partial charge in [0.1, 0.15) is 0 Å². The number of carbonyl (C=O) groups excluding carboxylic acids is 1. The van der Waals surface area contributed by atoms with E-state index in [0.717, 1.165) is 24.1 Å². The van der Waals surface area contributed by atoms with Gasteiger partial charge in [-0.15, -0.1) is 11.3 Å². The topological polar surface area (TPSA) is 46.3 Å². The Hall–Kier alpha value is -0.870. The van der Waals surface area contributed by atoms with E-state index in [1.165, 1.54) is 18.4 Å². The molecule has 1 aromatic heterocycles. The summed E-state index contributed by atoms with van der Waals surface area (Å²) in [4.78, 5) is 15.5. The fourth-order valence-electron chi connectivity index (χ4n) is 3.09. The van der Waals surface area contributed by atoms with E-state index in [0.29, 0.717) is 18.5 Å². The smallest absolute Gasteiger partial charge is 0.264 e. The molecule has 2 rings (SSSR count). The van der Waals surface area contributed by atoms with Gasteiger partial charge in [0.2, 0.25) is 0 Å². The first-order chi connectivity index (χ1) is 9.19. The first kappa shape index (κ1) is 14.5. The van der Waals surface area contributed by atoms with Crippen molar-refractivity contribution in [1.29, 1.82) is 0 Å². The lowest BCUT2D eigenvalue weighted by Gasteiger charge is -2.37. The fraction of sp³-hybridized carbons (Fsp3) is 0.667. The number of aryl methyl sites for hydroxylation is 1. The van der Waals surface area contributed by atoms with E-state index in [2.05, 4.69) is 13.0 Å².